The van der Waals surface area contributed by atoms with Gasteiger partial charge in [0.05, 0.1) is 24.6 Å². The molecule has 2 fully saturated rings. The minimum Gasteiger partial charge on any atom is -0.504 e. The van der Waals surface area contributed by atoms with E-state index in [9.17, 15) is 24.6 Å². The van der Waals surface area contributed by atoms with Crippen LogP contribution in [-0.2, 0) is 20.8 Å². The van der Waals surface area contributed by atoms with Crippen LogP contribution < -0.4 is 15.0 Å². The molecule has 6 rings (SSSR count). The summed E-state index contributed by atoms with van der Waals surface area (Å²) in [6, 6.07) is 16.1. The third-order valence-corrected chi connectivity index (χ3v) is 8.56. The summed E-state index contributed by atoms with van der Waals surface area (Å²) in [5.41, 5.74) is 1.29. The number of aryl methyl sites for hydroxylation is 1. The summed E-state index contributed by atoms with van der Waals surface area (Å²) >= 11 is 6.34. The number of para-hydroxylation sites is 1. The van der Waals surface area contributed by atoms with Crippen LogP contribution in [0.15, 0.2) is 66.9 Å². The van der Waals surface area contributed by atoms with Gasteiger partial charge in [0.2, 0.25) is 11.8 Å². The fourth-order valence-corrected chi connectivity index (χ4v) is 6.34. The van der Waals surface area contributed by atoms with Gasteiger partial charge < -0.3 is 19.9 Å². The monoisotopic (exact) mass is 559 g/mol. The van der Waals surface area contributed by atoms with Crippen LogP contribution in [0.5, 0.6) is 11.5 Å². The number of methoxy groups -OCH3 is 1. The number of carbonyl (C=O) groups excluding carboxylic acids is 2. The van der Waals surface area contributed by atoms with Gasteiger partial charge in [-0.1, -0.05) is 41.9 Å². The number of aromatic nitrogens is 1. The summed E-state index contributed by atoms with van der Waals surface area (Å²) in [5, 5.41) is 25.4. The first-order valence-electron chi connectivity index (χ1n) is 12.7. The number of carbonyl (C=O) groups is 3. The van der Waals surface area contributed by atoms with E-state index in [0.29, 0.717) is 16.1 Å². The van der Waals surface area contributed by atoms with Crippen LogP contribution in [0.4, 0.5) is 5.69 Å². The molecule has 4 unspecified atom stereocenters. The van der Waals surface area contributed by atoms with Gasteiger partial charge >= 0.3 is 5.97 Å². The molecule has 2 saturated heterocycles. The minimum absolute atomic E-state index is 0.0548. The molecule has 4 atom stereocenters. The van der Waals surface area contributed by atoms with Crippen LogP contribution in [0.2, 0.25) is 5.02 Å². The molecule has 40 heavy (non-hydrogen) atoms. The highest BCUT2D eigenvalue weighted by Crippen LogP contribution is 2.52. The molecule has 2 aliphatic heterocycles. The van der Waals surface area contributed by atoms with E-state index in [4.69, 9.17) is 16.3 Å². The van der Waals surface area contributed by atoms with Crippen molar-refractivity contribution in [2.45, 2.75) is 24.9 Å². The first-order chi connectivity index (χ1) is 19.2. The maximum atomic E-state index is 14.1. The Kier molecular flexibility index (Phi) is 6.08. The molecule has 204 valence electrons. The van der Waals surface area contributed by atoms with Gasteiger partial charge in [-0.15, -0.1) is 0 Å². The number of hydrogen-bond donors (Lipinski definition) is 4. The number of nitrogens with one attached hydrogen (secondary N) is 2. The second kappa shape index (κ2) is 9.39. The second-order valence-electron chi connectivity index (χ2n) is 10.3. The zero-order chi connectivity index (χ0) is 28.3. The number of nitrogens with zero attached hydrogens (tertiary/aromatic N) is 1. The maximum absolute atomic E-state index is 14.1. The van der Waals surface area contributed by atoms with E-state index in [1.54, 1.807) is 36.5 Å². The molecule has 3 aromatic carbocycles. The first-order valence-corrected chi connectivity index (χ1v) is 13.1. The van der Waals surface area contributed by atoms with Crippen molar-refractivity contribution in [3.8, 4) is 11.5 Å². The number of phenols is 1. The number of fused-ring (bicyclic) bond motifs is 2. The third-order valence-electron chi connectivity index (χ3n) is 8.16. The number of anilines is 1. The Morgan fingerprint density at radius 3 is 2.60 bits per heavy atom. The number of phenolic OH excluding ortho intramolecular Hbond substituents is 1. The van der Waals surface area contributed by atoms with Gasteiger partial charge in [-0.3, -0.25) is 19.7 Å². The molecule has 9 nitrogen and oxygen atoms in total. The number of amides is 2. The lowest BCUT2D eigenvalue weighted by Crippen LogP contribution is -2.57. The Bertz CT molecular complexity index is 1700. The van der Waals surface area contributed by atoms with Crippen LogP contribution >= 0.6 is 11.6 Å². The van der Waals surface area contributed by atoms with E-state index in [0.717, 1.165) is 21.4 Å². The van der Waals surface area contributed by atoms with Gasteiger partial charge in [0, 0.05) is 34.6 Å². The molecule has 2 aliphatic rings. The SMILES string of the molecule is COc1cc(C2NC(Cc3c[nH]c4ccccc34)(C(=O)O)C3C(=O)N(c4ccc(C)c(Cl)c4)C(=O)C23)ccc1O. The van der Waals surface area contributed by atoms with Gasteiger partial charge in [0.15, 0.2) is 11.5 Å². The summed E-state index contributed by atoms with van der Waals surface area (Å²) in [6.45, 7) is 1.81. The number of imide groups is 1. The van der Waals surface area contributed by atoms with E-state index in [2.05, 4.69) is 10.3 Å². The quantitative estimate of drug-likeness (QED) is 0.258. The smallest absolute Gasteiger partial charge is 0.325 e. The van der Waals surface area contributed by atoms with Crippen LogP contribution in [-0.4, -0.2) is 45.6 Å². The maximum Gasteiger partial charge on any atom is 0.325 e. The average Bonchev–Trinajstić information content (AvgIpc) is 3.58. The molecule has 2 amide bonds. The summed E-state index contributed by atoms with van der Waals surface area (Å²) in [4.78, 5) is 45.7. The van der Waals surface area contributed by atoms with Gasteiger partial charge in [-0.2, -0.15) is 0 Å². The predicted molar refractivity (Wildman–Crippen MR) is 149 cm³/mol. The van der Waals surface area contributed by atoms with Crippen molar-refractivity contribution >= 4 is 46.0 Å². The minimum atomic E-state index is -1.82. The van der Waals surface area contributed by atoms with Crippen molar-refractivity contribution < 1.29 is 29.3 Å². The molecule has 0 bridgehead atoms. The number of ether oxygens (including phenoxy) is 1. The van der Waals surface area contributed by atoms with Gasteiger partial charge in [0.25, 0.3) is 0 Å². The molecule has 3 heterocycles. The highest BCUT2D eigenvalue weighted by Gasteiger charge is 2.68. The van der Waals surface area contributed by atoms with Crippen molar-refractivity contribution in [3.63, 3.8) is 0 Å². The van der Waals surface area contributed by atoms with Gasteiger partial charge in [0.1, 0.15) is 5.54 Å². The lowest BCUT2D eigenvalue weighted by Gasteiger charge is -2.31. The van der Waals surface area contributed by atoms with E-state index in [1.807, 2.05) is 31.2 Å². The Hall–Kier alpha value is -4.34. The molecule has 0 spiro atoms. The molecule has 1 aromatic heterocycles. The van der Waals surface area contributed by atoms with Crippen molar-refractivity contribution in [1.82, 2.24) is 10.3 Å². The number of halogens is 1. The lowest BCUT2D eigenvalue weighted by atomic mass is 9.76. The van der Waals surface area contributed by atoms with E-state index in [-0.39, 0.29) is 23.6 Å². The van der Waals surface area contributed by atoms with Crippen molar-refractivity contribution in [2.75, 3.05) is 12.0 Å². The zero-order valence-corrected chi connectivity index (χ0v) is 22.4. The summed E-state index contributed by atoms with van der Waals surface area (Å²) in [7, 11) is 1.40. The normalized spacial score (nSPS) is 24.1. The predicted octanol–water partition coefficient (Wildman–Crippen LogP) is 4.36. The Balaban J connectivity index is 1.52. The topological polar surface area (TPSA) is 132 Å². The molecule has 0 saturated carbocycles. The third kappa shape index (κ3) is 3.76. The van der Waals surface area contributed by atoms with Crippen molar-refractivity contribution in [3.05, 3.63) is 88.6 Å². The lowest BCUT2D eigenvalue weighted by molar-refractivity contribution is -0.148. The van der Waals surface area contributed by atoms with Crippen molar-refractivity contribution in [1.29, 1.82) is 0 Å². The molecule has 4 aromatic rings. The first kappa shape index (κ1) is 25.9. The highest BCUT2D eigenvalue weighted by molar-refractivity contribution is 6.32. The fraction of sp³-hybridized carbons (Fsp3) is 0.233. The van der Waals surface area contributed by atoms with Crippen LogP contribution in [0, 0.1) is 18.8 Å². The summed E-state index contributed by atoms with van der Waals surface area (Å²) < 4.78 is 5.28. The molecular formula is C30H26ClN3O6. The number of benzene rings is 3. The van der Waals surface area contributed by atoms with Crippen LogP contribution in [0.25, 0.3) is 10.9 Å². The zero-order valence-electron chi connectivity index (χ0n) is 21.6. The Labute approximate surface area is 234 Å². The molecule has 0 radical (unpaired) electrons. The Morgan fingerprint density at radius 2 is 1.88 bits per heavy atom. The molecule has 4 N–H and O–H groups in total. The van der Waals surface area contributed by atoms with Crippen molar-refractivity contribution in [2.24, 2.45) is 11.8 Å². The Morgan fingerprint density at radius 1 is 1.10 bits per heavy atom. The van der Waals surface area contributed by atoms with Gasteiger partial charge in [-0.05, 0) is 53.9 Å². The largest absolute Gasteiger partial charge is 0.504 e. The average molecular weight is 560 g/mol. The number of rotatable bonds is 6. The fourth-order valence-electron chi connectivity index (χ4n) is 6.17. The highest BCUT2D eigenvalue weighted by atomic mass is 35.5. The van der Waals surface area contributed by atoms with Gasteiger partial charge in [-0.25, -0.2) is 4.90 Å². The number of aromatic hydroxyl groups is 1. The van der Waals surface area contributed by atoms with E-state index < -0.39 is 41.2 Å². The van der Waals surface area contributed by atoms with Crippen LogP contribution in [0.1, 0.15) is 22.7 Å². The van der Waals surface area contributed by atoms with Crippen LogP contribution in [0.3, 0.4) is 0 Å². The van der Waals surface area contributed by atoms with E-state index >= 15 is 0 Å². The van der Waals surface area contributed by atoms with E-state index in [1.165, 1.54) is 13.2 Å². The number of carboxylic acids is 1. The second-order valence-corrected chi connectivity index (χ2v) is 10.7. The number of H-pyrrole nitrogens is 1. The number of hydrogen-bond acceptors (Lipinski definition) is 6. The molecular weight excluding hydrogens is 534 g/mol. The number of aliphatic carboxylic acids is 1. The summed E-state index contributed by atoms with van der Waals surface area (Å²) in [6.07, 6.45) is 1.68. The standard InChI is InChI=1S/C30H26ClN3O6/c1-15-7-9-18(12-20(15)31)34-27(36)24-25(28(34)37)30(29(38)39,13-17-14-32-21-6-4-3-5-19(17)21)33-26(24)16-8-10-22(35)23(11-16)40-2/h3-12,14,24-26,32-33,35H,13H2,1-2H3,(H,38,39). The number of aromatic amines is 1. The molecule has 0 aliphatic carbocycles. The molecule has 10 heteroatoms. The summed E-state index contributed by atoms with van der Waals surface area (Å²) in [5.74, 6) is -4.59. The number of carboxylic acid groups (broad SMARTS) is 1.